The number of esters is 2. The topological polar surface area (TPSA) is 128 Å². The number of aromatic nitrogens is 2. The van der Waals surface area contributed by atoms with Crippen LogP contribution in [0.4, 0.5) is 0 Å². The van der Waals surface area contributed by atoms with Gasteiger partial charge in [0.25, 0.3) is 0 Å². The average Bonchev–Trinajstić information content (AvgIpc) is 3.87. The quantitative estimate of drug-likeness (QED) is 0.142. The van der Waals surface area contributed by atoms with Crippen LogP contribution in [0.3, 0.4) is 0 Å². The summed E-state index contributed by atoms with van der Waals surface area (Å²) in [6.45, 7) is 20.2. The van der Waals surface area contributed by atoms with Gasteiger partial charge in [-0.25, -0.2) is 0 Å². The lowest BCUT2D eigenvalue weighted by Gasteiger charge is -2.27. The van der Waals surface area contributed by atoms with Gasteiger partial charge in [-0.1, -0.05) is 60.8 Å². The lowest BCUT2D eigenvalue weighted by atomic mass is 9.82. The molecule has 294 valence electrons. The molecule has 3 aliphatic heterocycles. The summed E-state index contributed by atoms with van der Waals surface area (Å²) in [6, 6.07) is -0.358. The molecule has 0 saturated carbocycles. The molecule has 0 radical (unpaired) electrons. The van der Waals surface area contributed by atoms with Gasteiger partial charge < -0.3 is 35.2 Å². The highest BCUT2D eigenvalue weighted by Gasteiger charge is 2.48. The first kappa shape index (κ1) is 39.7. The Bertz CT molecular complexity index is 1980. The second-order valence-electron chi connectivity index (χ2n) is 16.8. The predicted octanol–water partition coefficient (Wildman–Crippen LogP) is 6.88. The average molecular weight is 741 g/mol. The van der Waals surface area contributed by atoms with Crippen LogP contribution in [-0.2, 0) is 25.5 Å². The Morgan fingerprint density at radius 3 is 2.37 bits per heavy atom. The number of carbonyl (C=O) groups is 2. The first-order valence-electron chi connectivity index (χ1n) is 20.5. The van der Waals surface area contributed by atoms with Crippen LogP contribution in [-0.4, -0.2) is 46.8 Å². The minimum Gasteiger partial charge on any atom is -0.468 e. The van der Waals surface area contributed by atoms with E-state index in [9.17, 15) is 14.7 Å². The van der Waals surface area contributed by atoms with Crippen LogP contribution in [0.25, 0.3) is 17.7 Å². The molecule has 2 aromatic rings. The van der Waals surface area contributed by atoms with Gasteiger partial charge in [0.1, 0.15) is 5.92 Å². The number of aromatic amines is 2. The number of ether oxygens (including phenoxy) is 2. The van der Waals surface area contributed by atoms with Crippen molar-refractivity contribution in [3.63, 3.8) is 0 Å². The summed E-state index contributed by atoms with van der Waals surface area (Å²) in [4.78, 5) is 34.3. The largest absolute Gasteiger partial charge is 0.468 e. The lowest BCUT2D eigenvalue weighted by molar-refractivity contribution is -0.147. The zero-order valence-corrected chi connectivity index (χ0v) is 34.3. The molecule has 1 fully saturated rings. The highest BCUT2D eigenvalue weighted by atomic mass is 16.5. The van der Waals surface area contributed by atoms with Gasteiger partial charge in [0.2, 0.25) is 0 Å². The Hall–Kier alpha value is -3.98. The van der Waals surface area contributed by atoms with Crippen LogP contribution < -0.4 is 21.3 Å². The standard InChI is InChI=1S/C45H64N4O5/c1-11-29-25(6)32-20-34-27(8)31(16-17-38(50)54-19-18-24(5)15-13-14-23(3)4)42(48-34)40-41(45(52)53-10)44(51)39-28(9)35(49-43(39)40)22-37-30(12-2)26(7)33(47-37)21-36(29)46-32/h20-25,29,31,41-42,44,46-49,51H,11-19H2,1-10H3/b32-20-,35-22-,36-21-/t24?,25?,29-,31-,41-,42?,44+/m1/s1. The maximum absolute atomic E-state index is 13.6. The maximum Gasteiger partial charge on any atom is 0.315 e. The van der Waals surface area contributed by atoms with Crippen molar-refractivity contribution < 1.29 is 24.2 Å². The summed E-state index contributed by atoms with van der Waals surface area (Å²) >= 11 is 0. The minimum atomic E-state index is -1.07. The van der Waals surface area contributed by atoms with Crippen LogP contribution in [0.5, 0.6) is 0 Å². The fourth-order valence-corrected chi connectivity index (χ4v) is 9.60. The van der Waals surface area contributed by atoms with Gasteiger partial charge in [-0.15, -0.1) is 0 Å². The fourth-order valence-electron chi connectivity index (χ4n) is 9.60. The Morgan fingerprint density at radius 2 is 1.69 bits per heavy atom. The van der Waals surface area contributed by atoms with Gasteiger partial charge in [0.05, 0.1) is 25.9 Å². The van der Waals surface area contributed by atoms with E-state index in [0.717, 1.165) is 81.4 Å². The van der Waals surface area contributed by atoms with Crippen molar-refractivity contribution in [1.29, 1.82) is 0 Å². The van der Waals surface area contributed by atoms with Gasteiger partial charge in [0.15, 0.2) is 0 Å². The van der Waals surface area contributed by atoms with E-state index in [1.807, 2.05) is 6.92 Å². The number of carbonyl (C=O) groups excluding carboxylic acids is 2. The van der Waals surface area contributed by atoms with Gasteiger partial charge in [0, 0.05) is 68.9 Å². The predicted molar refractivity (Wildman–Crippen MR) is 215 cm³/mol. The van der Waals surface area contributed by atoms with E-state index in [0.29, 0.717) is 30.8 Å². The number of aliphatic hydroxyl groups excluding tert-OH is 1. The Kier molecular flexibility index (Phi) is 12.1. The van der Waals surface area contributed by atoms with E-state index in [2.05, 4.69) is 94.2 Å². The van der Waals surface area contributed by atoms with E-state index < -0.39 is 18.0 Å². The molecule has 4 aliphatic rings. The van der Waals surface area contributed by atoms with Gasteiger partial charge >= 0.3 is 11.9 Å². The molecule has 8 bridgehead atoms. The minimum absolute atomic E-state index is 0.125. The molecular weight excluding hydrogens is 677 g/mol. The summed E-state index contributed by atoms with van der Waals surface area (Å²) in [5.41, 5.74) is 11.5. The number of aliphatic hydroxyl groups is 1. The van der Waals surface area contributed by atoms with Crippen LogP contribution in [0, 0.1) is 49.4 Å². The number of H-pyrrole nitrogens is 2. The zero-order valence-electron chi connectivity index (χ0n) is 34.3. The van der Waals surface area contributed by atoms with Gasteiger partial charge in [-0.05, 0) is 104 Å². The van der Waals surface area contributed by atoms with Crippen LogP contribution in [0.15, 0.2) is 28.7 Å². The fraction of sp³-hybridized carbons (Fsp3) is 0.600. The Balaban J connectivity index is 1.42. The summed E-state index contributed by atoms with van der Waals surface area (Å²) in [5, 5.41) is 21.3. The van der Waals surface area contributed by atoms with E-state index in [-0.39, 0.29) is 30.3 Å². The molecule has 1 aliphatic carbocycles. The molecule has 9 nitrogen and oxygen atoms in total. The van der Waals surface area contributed by atoms with Crippen molar-refractivity contribution >= 4 is 29.7 Å². The van der Waals surface area contributed by atoms with Crippen molar-refractivity contribution in [2.45, 2.75) is 126 Å². The first-order valence-corrected chi connectivity index (χ1v) is 20.5. The van der Waals surface area contributed by atoms with Crippen molar-refractivity contribution in [2.24, 2.45) is 35.5 Å². The van der Waals surface area contributed by atoms with E-state index in [4.69, 9.17) is 9.47 Å². The number of hydrogen-bond donors (Lipinski definition) is 5. The zero-order chi connectivity index (χ0) is 39.0. The van der Waals surface area contributed by atoms with Crippen molar-refractivity contribution in [2.75, 3.05) is 13.7 Å². The Labute approximate surface area is 321 Å². The lowest BCUT2D eigenvalue weighted by Crippen LogP contribution is -2.38. The number of rotatable bonds is 13. The summed E-state index contributed by atoms with van der Waals surface area (Å²) < 4.78 is 11.1. The number of allylic oxidation sites excluding steroid dienone is 3. The second kappa shape index (κ2) is 16.4. The molecule has 3 unspecified atom stereocenters. The molecule has 0 spiro atoms. The summed E-state index contributed by atoms with van der Waals surface area (Å²) in [7, 11) is 1.38. The van der Waals surface area contributed by atoms with Crippen molar-refractivity contribution in [3.05, 3.63) is 73.1 Å². The number of fused-ring (bicyclic) bond motifs is 8. The van der Waals surface area contributed by atoms with Crippen LogP contribution in [0.1, 0.15) is 133 Å². The monoisotopic (exact) mass is 740 g/mol. The molecular formula is C45H64N4O5. The molecule has 1 saturated heterocycles. The third kappa shape index (κ3) is 7.49. The number of nitrogens with one attached hydrogen (secondary N) is 4. The van der Waals surface area contributed by atoms with Crippen molar-refractivity contribution in [1.82, 2.24) is 20.6 Å². The van der Waals surface area contributed by atoms with Crippen LogP contribution in [0.2, 0.25) is 0 Å². The molecule has 7 atom stereocenters. The SMILES string of the molecule is CCc1c2[nH]c(c1C)/C=C1\N/C(=C\C3=C(C)[C@@H](CCC(=O)OCCC(C)CCCC(C)C)C(N3)C3=c4[nH]/c(c(C)c4[C@H](O)[C@@H]3C(=O)OC)=C\2)C(C)[C@H]1CC. The third-order valence-electron chi connectivity index (χ3n) is 13.0. The molecule has 0 aromatic carbocycles. The van der Waals surface area contributed by atoms with Crippen LogP contribution >= 0.6 is 0 Å². The first-order chi connectivity index (χ1) is 25.8. The summed E-state index contributed by atoms with van der Waals surface area (Å²) in [5.74, 6) is 0.114. The summed E-state index contributed by atoms with van der Waals surface area (Å²) in [6.07, 6.45) is 12.7. The van der Waals surface area contributed by atoms with E-state index in [1.54, 1.807) is 0 Å². The molecule has 0 amide bonds. The second-order valence-corrected chi connectivity index (χ2v) is 16.8. The smallest absolute Gasteiger partial charge is 0.315 e. The molecule has 54 heavy (non-hydrogen) atoms. The molecule has 9 heteroatoms. The molecule has 2 aromatic heterocycles. The molecule has 5 heterocycles. The normalized spacial score (nSPS) is 27.5. The number of hydrogen-bond acceptors (Lipinski definition) is 7. The Morgan fingerprint density at radius 1 is 0.926 bits per heavy atom. The highest BCUT2D eigenvalue weighted by Crippen LogP contribution is 2.44. The van der Waals surface area contributed by atoms with Gasteiger partial charge in [-0.2, -0.15) is 0 Å². The highest BCUT2D eigenvalue weighted by molar-refractivity contribution is 5.88. The third-order valence-corrected chi connectivity index (χ3v) is 13.0. The molecule has 6 rings (SSSR count). The maximum atomic E-state index is 13.6. The van der Waals surface area contributed by atoms with Crippen molar-refractivity contribution in [3.8, 4) is 0 Å². The number of methoxy groups -OCH3 is 1. The van der Waals surface area contributed by atoms with E-state index in [1.165, 1.54) is 36.8 Å². The van der Waals surface area contributed by atoms with E-state index >= 15 is 0 Å². The van der Waals surface area contributed by atoms with Gasteiger partial charge in [-0.3, -0.25) is 9.59 Å². The molecule has 5 N–H and O–H groups in total.